The van der Waals surface area contributed by atoms with E-state index in [0.29, 0.717) is 35.9 Å². The van der Waals surface area contributed by atoms with E-state index in [9.17, 15) is 14.4 Å². The van der Waals surface area contributed by atoms with Crippen LogP contribution in [0.2, 0.25) is 0 Å². The second-order valence-electron chi connectivity index (χ2n) is 8.07. The largest absolute Gasteiger partial charge is 0.466 e. The van der Waals surface area contributed by atoms with Crippen molar-refractivity contribution >= 4 is 29.2 Å². The van der Waals surface area contributed by atoms with Crippen molar-refractivity contribution in [3.63, 3.8) is 0 Å². The maximum Gasteiger partial charge on any atom is 0.325 e. The molecule has 1 atom stereocenters. The molecule has 1 fully saturated rings. The lowest BCUT2D eigenvalue weighted by Gasteiger charge is -2.24. The summed E-state index contributed by atoms with van der Waals surface area (Å²) in [6.45, 7) is 7.17. The number of rotatable bonds is 8. The normalized spacial score (nSPS) is 18.1. The van der Waals surface area contributed by atoms with E-state index in [0.717, 1.165) is 9.78 Å². The molecule has 0 radical (unpaired) electrons. The molecule has 4 rings (SSSR count). The minimum absolute atomic E-state index is 0.0893. The van der Waals surface area contributed by atoms with Crippen LogP contribution in [-0.2, 0) is 21.7 Å². The van der Waals surface area contributed by atoms with Gasteiger partial charge >= 0.3 is 6.03 Å². The quantitative estimate of drug-likeness (QED) is 0.501. The molecule has 11 heteroatoms. The minimum atomic E-state index is -1.29. The molecule has 0 saturated carbocycles. The Hall–Kier alpha value is -3.47. The molecule has 0 aliphatic carbocycles. The molecule has 1 N–H and O–H groups in total. The molecule has 10 nitrogen and oxygen atoms in total. The molecular weight excluding hydrogens is 446 g/mol. The monoisotopic (exact) mass is 471 g/mol. The first kappa shape index (κ1) is 22.7. The van der Waals surface area contributed by atoms with Crippen LogP contribution in [0.3, 0.4) is 0 Å². The van der Waals surface area contributed by atoms with Gasteiger partial charge in [-0.25, -0.2) is 4.79 Å². The SMILES string of the molecule is CCCN(Cc1nnc(-c2cccs2)o1)C(=O)CN1C(=O)NC(C)(c2cc(C)oc2C)C1=O. The molecule has 33 heavy (non-hydrogen) atoms. The highest BCUT2D eigenvalue weighted by atomic mass is 32.1. The molecule has 1 saturated heterocycles. The molecular formula is C22H25N5O5S. The van der Waals surface area contributed by atoms with Gasteiger partial charge in [-0.15, -0.1) is 21.5 Å². The Bertz CT molecular complexity index is 1180. The van der Waals surface area contributed by atoms with Crippen molar-refractivity contribution in [3.05, 3.63) is 46.6 Å². The fraction of sp³-hybridized carbons (Fsp3) is 0.409. The van der Waals surface area contributed by atoms with E-state index >= 15 is 0 Å². The topological polar surface area (TPSA) is 122 Å². The number of imide groups is 1. The molecule has 0 aromatic carbocycles. The molecule has 4 amide bonds. The first-order chi connectivity index (χ1) is 15.7. The number of furan rings is 1. The highest BCUT2D eigenvalue weighted by molar-refractivity contribution is 7.13. The van der Waals surface area contributed by atoms with Crippen LogP contribution in [0.4, 0.5) is 4.79 Å². The van der Waals surface area contributed by atoms with Crippen molar-refractivity contribution in [3.8, 4) is 10.8 Å². The van der Waals surface area contributed by atoms with Gasteiger partial charge in [0, 0.05) is 12.1 Å². The third kappa shape index (κ3) is 4.28. The zero-order valence-corrected chi connectivity index (χ0v) is 19.7. The van der Waals surface area contributed by atoms with Gasteiger partial charge in [-0.1, -0.05) is 13.0 Å². The maximum atomic E-state index is 13.2. The van der Waals surface area contributed by atoms with E-state index in [1.807, 2.05) is 24.4 Å². The summed E-state index contributed by atoms with van der Waals surface area (Å²) in [7, 11) is 0. The molecule has 1 aliphatic rings. The fourth-order valence-corrected chi connectivity index (χ4v) is 4.57. The Morgan fingerprint density at radius 2 is 2.06 bits per heavy atom. The maximum absolute atomic E-state index is 13.2. The number of amides is 4. The highest BCUT2D eigenvalue weighted by Crippen LogP contribution is 2.33. The minimum Gasteiger partial charge on any atom is -0.466 e. The van der Waals surface area contributed by atoms with Gasteiger partial charge in [-0.3, -0.25) is 14.5 Å². The second-order valence-corrected chi connectivity index (χ2v) is 9.01. The summed E-state index contributed by atoms with van der Waals surface area (Å²) in [6, 6.07) is 4.86. The van der Waals surface area contributed by atoms with Gasteiger partial charge in [0.15, 0.2) is 0 Å². The van der Waals surface area contributed by atoms with E-state index in [2.05, 4.69) is 15.5 Å². The average molecular weight is 472 g/mol. The van der Waals surface area contributed by atoms with Crippen LogP contribution in [0.15, 0.2) is 32.4 Å². The molecule has 4 heterocycles. The summed E-state index contributed by atoms with van der Waals surface area (Å²) < 4.78 is 11.2. The van der Waals surface area contributed by atoms with Crippen molar-refractivity contribution in [2.75, 3.05) is 13.1 Å². The number of thiophene rings is 1. The number of carbonyl (C=O) groups excluding carboxylic acids is 3. The molecule has 0 bridgehead atoms. The van der Waals surface area contributed by atoms with Crippen LogP contribution in [0.25, 0.3) is 10.8 Å². The summed E-state index contributed by atoms with van der Waals surface area (Å²) in [5.74, 6) is 0.962. The molecule has 0 spiro atoms. The number of urea groups is 1. The molecule has 174 valence electrons. The Balaban J connectivity index is 1.48. The van der Waals surface area contributed by atoms with Crippen LogP contribution in [-0.4, -0.2) is 50.9 Å². The fourth-order valence-electron chi connectivity index (χ4n) is 3.93. The standard InChI is InChI=1S/C22H25N5O5S/c1-5-8-26(11-17-24-25-19(32-17)16-7-6-9-33-16)18(28)12-27-20(29)22(4,23-21(27)30)15-10-13(2)31-14(15)3/h6-7,9-10H,5,8,11-12H2,1-4H3,(H,23,30). The van der Waals surface area contributed by atoms with E-state index in [1.54, 1.807) is 26.8 Å². The number of aryl methyl sites for hydroxylation is 2. The van der Waals surface area contributed by atoms with Crippen molar-refractivity contribution in [1.82, 2.24) is 25.3 Å². The van der Waals surface area contributed by atoms with Gasteiger partial charge in [-0.05, 0) is 44.7 Å². The van der Waals surface area contributed by atoms with Gasteiger partial charge < -0.3 is 19.1 Å². The number of carbonyl (C=O) groups is 3. The lowest BCUT2D eigenvalue weighted by molar-refractivity contribution is -0.139. The van der Waals surface area contributed by atoms with Gasteiger partial charge in [0.1, 0.15) is 23.6 Å². The Kier molecular flexibility index (Phi) is 6.07. The molecule has 3 aromatic rings. The molecule has 1 aliphatic heterocycles. The van der Waals surface area contributed by atoms with Gasteiger partial charge in [0.25, 0.3) is 11.8 Å². The second kappa shape index (κ2) is 8.81. The van der Waals surface area contributed by atoms with Crippen LogP contribution in [0.5, 0.6) is 0 Å². The number of aromatic nitrogens is 2. The number of nitrogens with one attached hydrogen (secondary N) is 1. The van der Waals surface area contributed by atoms with Gasteiger partial charge in [0.05, 0.1) is 11.4 Å². The zero-order chi connectivity index (χ0) is 23.8. The summed E-state index contributed by atoms with van der Waals surface area (Å²) in [5.41, 5.74) is -0.720. The van der Waals surface area contributed by atoms with Crippen LogP contribution in [0.1, 0.15) is 43.2 Å². The van der Waals surface area contributed by atoms with Gasteiger partial charge in [-0.2, -0.15) is 0 Å². The van der Waals surface area contributed by atoms with E-state index in [-0.39, 0.29) is 24.9 Å². The Morgan fingerprint density at radius 3 is 2.70 bits per heavy atom. The van der Waals surface area contributed by atoms with Crippen LogP contribution in [0, 0.1) is 13.8 Å². The smallest absolute Gasteiger partial charge is 0.325 e. The predicted octanol–water partition coefficient (Wildman–Crippen LogP) is 3.21. The number of nitrogens with zero attached hydrogens (tertiary/aromatic N) is 4. The van der Waals surface area contributed by atoms with Crippen molar-refractivity contribution in [1.29, 1.82) is 0 Å². The lowest BCUT2D eigenvalue weighted by Crippen LogP contribution is -2.44. The van der Waals surface area contributed by atoms with Gasteiger partial charge in [0.2, 0.25) is 11.8 Å². The first-order valence-electron chi connectivity index (χ1n) is 10.6. The molecule has 1 unspecified atom stereocenters. The number of hydrogen-bond donors (Lipinski definition) is 1. The summed E-state index contributed by atoms with van der Waals surface area (Å²) in [5, 5.41) is 12.7. The summed E-state index contributed by atoms with van der Waals surface area (Å²) in [4.78, 5) is 42.2. The van der Waals surface area contributed by atoms with Crippen LogP contribution >= 0.6 is 11.3 Å². The zero-order valence-electron chi connectivity index (χ0n) is 18.9. The first-order valence-corrected chi connectivity index (χ1v) is 11.5. The van der Waals surface area contributed by atoms with Crippen molar-refractivity contribution in [2.24, 2.45) is 0 Å². The van der Waals surface area contributed by atoms with E-state index in [4.69, 9.17) is 8.83 Å². The Labute approximate surface area is 194 Å². The number of hydrogen-bond acceptors (Lipinski definition) is 8. The third-order valence-corrected chi connectivity index (χ3v) is 6.38. The van der Waals surface area contributed by atoms with E-state index in [1.165, 1.54) is 16.2 Å². The van der Waals surface area contributed by atoms with Crippen LogP contribution < -0.4 is 5.32 Å². The average Bonchev–Trinajstić information content (AvgIpc) is 3.54. The third-order valence-electron chi connectivity index (χ3n) is 5.52. The van der Waals surface area contributed by atoms with E-state index < -0.39 is 17.5 Å². The Morgan fingerprint density at radius 1 is 1.27 bits per heavy atom. The molecule has 3 aromatic heterocycles. The predicted molar refractivity (Wildman–Crippen MR) is 119 cm³/mol. The highest BCUT2D eigenvalue weighted by Gasteiger charge is 2.51. The lowest BCUT2D eigenvalue weighted by atomic mass is 9.92. The summed E-state index contributed by atoms with van der Waals surface area (Å²) >= 11 is 1.47. The summed E-state index contributed by atoms with van der Waals surface area (Å²) in [6.07, 6.45) is 0.684. The van der Waals surface area contributed by atoms with Crippen molar-refractivity contribution < 1.29 is 23.2 Å². The van der Waals surface area contributed by atoms with Crippen molar-refractivity contribution in [2.45, 2.75) is 46.2 Å².